The number of ether oxygens (including phenoxy) is 1. The maximum atomic E-state index is 8.60. The van der Waals surface area contributed by atoms with Crippen LogP contribution in [0, 0.1) is 11.3 Å². The Hall–Kier alpha value is -2.35. The lowest BCUT2D eigenvalue weighted by atomic mass is 10.2. The van der Waals surface area contributed by atoms with Crippen LogP contribution in [0.2, 0.25) is 0 Å². The third-order valence-electron chi connectivity index (χ3n) is 2.16. The highest BCUT2D eigenvalue weighted by molar-refractivity contribution is 5.27. The minimum Gasteiger partial charge on any atom is -0.497 e. The molecule has 0 aliphatic carbocycles. The zero-order valence-corrected chi connectivity index (χ0v) is 8.79. The summed E-state index contributed by atoms with van der Waals surface area (Å²) in [4.78, 5) is 0. The van der Waals surface area contributed by atoms with E-state index in [1.54, 1.807) is 18.0 Å². The number of hydrogen-bond donors (Lipinski definition) is 0. The van der Waals surface area contributed by atoms with Gasteiger partial charge >= 0.3 is 0 Å². The van der Waals surface area contributed by atoms with Gasteiger partial charge in [0.2, 0.25) is 0 Å². The van der Waals surface area contributed by atoms with E-state index in [1.165, 1.54) is 0 Å². The van der Waals surface area contributed by atoms with Gasteiger partial charge in [-0.3, -0.25) is 0 Å². The summed E-state index contributed by atoms with van der Waals surface area (Å²) in [6, 6.07) is 9.61. The zero-order chi connectivity index (χ0) is 11.4. The molecule has 0 saturated heterocycles. The molecule has 2 aromatic rings. The number of nitrogens with zero attached hydrogens (tertiary/aromatic N) is 4. The van der Waals surface area contributed by atoms with Gasteiger partial charge in [-0.1, -0.05) is 17.3 Å². The van der Waals surface area contributed by atoms with Crippen LogP contribution in [0.5, 0.6) is 5.75 Å². The Balaban J connectivity index is 2.11. The van der Waals surface area contributed by atoms with E-state index < -0.39 is 0 Å². The van der Waals surface area contributed by atoms with Crippen molar-refractivity contribution >= 4 is 0 Å². The van der Waals surface area contributed by atoms with E-state index in [4.69, 9.17) is 10.00 Å². The molecule has 0 aliphatic heterocycles. The van der Waals surface area contributed by atoms with Gasteiger partial charge in [0.1, 0.15) is 11.8 Å². The summed E-state index contributed by atoms with van der Waals surface area (Å²) >= 11 is 0. The van der Waals surface area contributed by atoms with Gasteiger partial charge in [-0.25, -0.2) is 4.68 Å². The van der Waals surface area contributed by atoms with Crippen molar-refractivity contribution in [3.8, 4) is 11.8 Å². The Labute approximate surface area is 92.9 Å². The molecule has 0 aliphatic rings. The second-order valence-electron chi connectivity index (χ2n) is 3.26. The Morgan fingerprint density at radius 3 is 2.69 bits per heavy atom. The fraction of sp³-hybridized carbons (Fsp3) is 0.182. The van der Waals surface area contributed by atoms with Gasteiger partial charge in [0.05, 0.1) is 19.9 Å². The van der Waals surface area contributed by atoms with E-state index in [0.29, 0.717) is 12.2 Å². The molecular weight excluding hydrogens is 204 g/mol. The van der Waals surface area contributed by atoms with Crippen LogP contribution in [0.1, 0.15) is 11.3 Å². The highest BCUT2D eigenvalue weighted by atomic mass is 16.5. The van der Waals surface area contributed by atoms with E-state index >= 15 is 0 Å². The molecule has 5 nitrogen and oxygen atoms in total. The Kier molecular flexibility index (Phi) is 2.83. The summed E-state index contributed by atoms with van der Waals surface area (Å²) in [5.41, 5.74) is 1.41. The number of aromatic nitrogens is 3. The van der Waals surface area contributed by atoms with E-state index in [9.17, 15) is 0 Å². The maximum Gasteiger partial charge on any atom is 0.182 e. The largest absolute Gasteiger partial charge is 0.497 e. The van der Waals surface area contributed by atoms with Crippen LogP contribution in [-0.4, -0.2) is 22.1 Å². The molecule has 16 heavy (non-hydrogen) atoms. The van der Waals surface area contributed by atoms with Crippen molar-refractivity contribution in [3.63, 3.8) is 0 Å². The van der Waals surface area contributed by atoms with Crippen molar-refractivity contribution in [2.45, 2.75) is 6.54 Å². The molecule has 0 amide bonds. The number of nitriles is 1. The molecule has 0 unspecified atom stereocenters. The van der Waals surface area contributed by atoms with Gasteiger partial charge in [0.15, 0.2) is 5.69 Å². The predicted octanol–water partition coefficient (Wildman–Crippen LogP) is 1.21. The zero-order valence-electron chi connectivity index (χ0n) is 8.79. The lowest BCUT2D eigenvalue weighted by Crippen LogP contribution is -2.00. The lowest BCUT2D eigenvalue weighted by Gasteiger charge is -2.02. The first-order chi connectivity index (χ1) is 7.81. The fourth-order valence-corrected chi connectivity index (χ4v) is 1.34. The van der Waals surface area contributed by atoms with Crippen molar-refractivity contribution in [1.29, 1.82) is 5.26 Å². The summed E-state index contributed by atoms with van der Waals surface area (Å²) in [5, 5.41) is 16.1. The van der Waals surface area contributed by atoms with Crippen LogP contribution in [0.3, 0.4) is 0 Å². The predicted molar refractivity (Wildman–Crippen MR) is 56.8 cm³/mol. The van der Waals surface area contributed by atoms with Crippen LogP contribution in [0.25, 0.3) is 0 Å². The Morgan fingerprint density at radius 1 is 1.38 bits per heavy atom. The standard InChI is InChI=1S/C11H10N4O/c1-16-11-4-2-9(3-5-11)7-15-8-10(6-12)13-14-15/h2-5,8H,7H2,1H3. The molecule has 0 fully saturated rings. The van der Waals surface area contributed by atoms with E-state index in [-0.39, 0.29) is 0 Å². The molecule has 0 N–H and O–H groups in total. The number of hydrogen-bond acceptors (Lipinski definition) is 4. The summed E-state index contributed by atoms with van der Waals surface area (Å²) in [5.74, 6) is 0.819. The first-order valence-corrected chi connectivity index (χ1v) is 4.75. The van der Waals surface area contributed by atoms with Crippen LogP contribution in [0.4, 0.5) is 0 Å². The van der Waals surface area contributed by atoms with Gasteiger partial charge in [-0.15, -0.1) is 5.10 Å². The minimum atomic E-state index is 0.327. The molecule has 2 rings (SSSR count). The van der Waals surface area contributed by atoms with Crippen LogP contribution in [0.15, 0.2) is 30.5 Å². The van der Waals surface area contributed by atoms with E-state index in [0.717, 1.165) is 11.3 Å². The van der Waals surface area contributed by atoms with Crippen molar-refractivity contribution in [2.75, 3.05) is 7.11 Å². The molecule has 5 heteroatoms. The van der Waals surface area contributed by atoms with Crippen LogP contribution >= 0.6 is 0 Å². The van der Waals surface area contributed by atoms with Crippen molar-refractivity contribution < 1.29 is 4.74 Å². The van der Waals surface area contributed by atoms with E-state index in [2.05, 4.69) is 10.3 Å². The Morgan fingerprint density at radius 2 is 2.12 bits per heavy atom. The third kappa shape index (κ3) is 2.17. The number of benzene rings is 1. The molecule has 0 bridgehead atoms. The van der Waals surface area contributed by atoms with Crippen molar-refractivity contribution in [3.05, 3.63) is 41.7 Å². The molecule has 0 radical (unpaired) electrons. The number of methoxy groups -OCH3 is 1. The number of rotatable bonds is 3. The molecule has 1 heterocycles. The smallest absolute Gasteiger partial charge is 0.182 e. The molecule has 1 aromatic carbocycles. The van der Waals surface area contributed by atoms with Gasteiger partial charge < -0.3 is 4.74 Å². The molecular formula is C11H10N4O. The van der Waals surface area contributed by atoms with E-state index in [1.807, 2.05) is 30.3 Å². The van der Waals surface area contributed by atoms with Crippen molar-refractivity contribution in [2.24, 2.45) is 0 Å². The monoisotopic (exact) mass is 214 g/mol. The van der Waals surface area contributed by atoms with Crippen LogP contribution in [-0.2, 0) is 6.54 Å². The van der Waals surface area contributed by atoms with Crippen LogP contribution < -0.4 is 4.74 Å². The quantitative estimate of drug-likeness (QED) is 0.770. The molecule has 80 valence electrons. The highest BCUT2D eigenvalue weighted by Crippen LogP contribution is 2.11. The normalized spacial score (nSPS) is 9.75. The summed E-state index contributed by atoms with van der Waals surface area (Å²) in [6.45, 7) is 0.596. The maximum absolute atomic E-state index is 8.60. The SMILES string of the molecule is COc1ccc(Cn2cc(C#N)nn2)cc1. The van der Waals surface area contributed by atoms with Gasteiger partial charge in [0, 0.05) is 0 Å². The minimum absolute atomic E-state index is 0.327. The molecule has 0 saturated carbocycles. The lowest BCUT2D eigenvalue weighted by molar-refractivity contribution is 0.414. The molecule has 0 spiro atoms. The molecule has 0 atom stereocenters. The second kappa shape index (κ2) is 4.45. The summed E-state index contributed by atoms with van der Waals surface area (Å²) < 4.78 is 6.69. The highest BCUT2D eigenvalue weighted by Gasteiger charge is 2.00. The van der Waals surface area contributed by atoms with Gasteiger partial charge in [-0.05, 0) is 17.7 Å². The third-order valence-corrected chi connectivity index (χ3v) is 2.16. The Bertz CT molecular complexity index is 510. The average molecular weight is 214 g/mol. The fourth-order valence-electron chi connectivity index (χ4n) is 1.34. The summed E-state index contributed by atoms with van der Waals surface area (Å²) in [6.07, 6.45) is 1.62. The van der Waals surface area contributed by atoms with Gasteiger partial charge in [0.25, 0.3) is 0 Å². The summed E-state index contributed by atoms with van der Waals surface area (Å²) in [7, 11) is 1.63. The first kappa shape index (κ1) is 10.2. The average Bonchev–Trinajstić information content (AvgIpc) is 2.78. The molecule has 1 aromatic heterocycles. The van der Waals surface area contributed by atoms with Gasteiger partial charge in [-0.2, -0.15) is 5.26 Å². The first-order valence-electron chi connectivity index (χ1n) is 4.75. The van der Waals surface area contributed by atoms with Crippen molar-refractivity contribution in [1.82, 2.24) is 15.0 Å². The topological polar surface area (TPSA) is 63.7 Å². The second-order valence-corrected chi connectivity index (χ2v) is 3.26.